The van der Waals surface area contributed by atoms with E-state index >= 15 is 0 Å². The molecule has 0 radical (unpaired) electrons. The number of carbonyl (C=O) groups excluding carboxylic acids is 1. The minimum atomic E-state index is -0.228. The molecule has 0 heterocycles. The molecule has 0 saturated heterocycles. The van der Waals surface area contributed by atoms with Crippen LogP contribution in [0, 0.1) is 13.8 Å². The third kappa shape index (κ3) is 4.55. The number of nitrogens with two attached hydrogens (primary N) is 1. The van der Waals surface area contributed by atoms with Crippen LogP contribution in [0.1, 0.15) is 30.4 Å². The van der Waals surface area contributed by atoms with Gasteiger partial charge >= 0.3 is 0 Å². The number of nitrogens with one attached hydrogen (secondary N) is 1. The predicted octanol–water partition coefficient (Wildman–Crippen LogP) is 2.39. The predicted molar refractivity (Wildman–Crippen MR) is 80.4 cm³/mol. The van der Waals surface area contributed by atoms with Crippen LogP contribution >= 0.6 is 11.8 Å². The Morgan fingerprint density at radius 3 is 2.84 bits per heavy atom. The van der Waals surface area contributed by atoms with Crippen molar-refractivity contribution in [2.24, 2.45) is 5.73 Å². The summed E-state index contributed by atoms with van der Waals surface area (Å²) < 4.78 is 0. The summed E-state index contributed by atoms with van der Waals surface area (Å²) in [4.78, 5) is 12.7. The van der Waals surface area contributed by atoms with E-state index in [-0.39, 0.29) is 11.9 Å². The Hall–Kier alpha value is -1.00. The second-order valence-corrected chi connectivity index (χ2v) is 6.44. The quantitative estimate of drug-likeness (QED) is 0.753. The smallest absolute Gasteiger partial charge is 0.234 e. The largest absolute Gasteiger partial charge is 0.368 e. The van der Waals surface area contributed by atoms with Crippen LogP contribution in [-0.4, -0.2) is 23.7 Å². The summed E-state index contributed by atoms with van der Waals surface area (Å²) >= 11 is 1.81. The molecule has 3 nitrogen and oxygen atoms in total. The Morgan fingerprint density at radius 2 is 2.21 bits per heavy atom. The molecule has 3 N–H and O–H groups in total. The number of primary amides is 1. The van der Waals surface area contributed by atoms with Gasteiger partial charge < -0.3 is 11.1 Å². The SMILES string of the molecule is Cc1ccc(C)c(SCCC(NC2CC2)C(N)=O)c1. The minimum Gasteiger partial charge on any atom is -0.368 e. The van der Waals surface area contributed by atoms with Gasteiger partial charge in [0.1, 0.15) is 0 Å². The van der Waals surface area contributed by atoms with Crippen molar-refractivity contribution in [2.45, 2.75) is 50.1 Å². The van der Waals surface area contributed by atoms with E-state index in [9.17, 15) is 4.79 Å². The van der Waals surface area contributed by atoms with Crippen molar-refractivity contribution in [3.63, 3.8) is 0 Å². The van der Waals surface area contributed by atoms with Gasteiger partial charge in [-0.3, -0.25) is 4.79 Å². The highest BCUT2D eigenvalue weighted by molar-refractivity contribution is 7.99. The van der Waals surface area contributed by atoms with Gasteiger partial charge in [-0.15, -0.1) is 11.8 Å². The van der Waals surface area contributed by atoms with Gasteiger partial charge in [0.15, 0.2) is 0 Å². The molecule has 1 aromatic rings. The maximum atomic E-state index is 11.4. The fourth-order valence-electron chi connectivity index (χ4n) is 1.99. The first-order chi connectivity index (χ1) is 9.06. The fraction of sp³-hybridized carbons (Fsp3) is 0.533. The molecule has 1 saturated carbocycles. The van der Waals surface area contributed by atoms with Gasteiger partial charge in [-0.1, -0.05) is 17.7 Å². The topological polar surface area (TPSA) is 55.1 Å². The van der Waals surface area contributed by atoms with Crippen LogP contribution in [0.4, 0.5) is 0 Å². The molecule has 1 unspecified atom stereocenters. The number of amides is 1. The lowest BCUT2D eigenvalue weighted by Crippen LogP contribution is -2.42. The zero-order chi connectivity index (χ0) is 13.8. The molecule has 1 atom stereocenters. The summed E-state index contributed by atoms with van der Waals surface area (Å²) in [5.41, 5.74) is 8.00. The second kappa shape index (κ2) is 6.44. The normalized spacial score (nSPS) is 16.3. The van der Waals surface area contributed by atoms with E-state index < -0.39 is 0 Å². The van der Waals surface area contributed by atoms with Gasteiger partial charge in [-0.2, -0.15) is 0 Å². The van der Waals surface area contributed by atoms with Crippen LogP contribution in [-0.2, 0) is 4.79 Å². The summed E-state index contributed by atoms with van der Waals surface area (Å²) in [7, 11) is 0. The van der Waals surface area contributed by atoms with E-state index in [1.165, 1.54) is 28.9 Å². The highest BCUT2D eigenvalue weighted by Gasteiger charge is 2.26. The molecule has 19 heavy (non-hydrogen) atoms. The summed E-state index contributed by atoms with van der Waals surface area (Å²) in [6, 6.07) is 6.81. The molecule has 1 amide bonds. The molecule has 0 aliphatic heterocycles. The van der Waals surface area contributed by atoms with E-state index in [1.54, 1.807) is 11.8 Å². The lowest BCUT2D eigenvalue weighted by Gasteiger charge is -2.15. The summed E-state index contributed by atoms with van der Waals surface area (Å²) in [5, 5.41) is 3.31. The van der Waals surface area contributed by atoms with Crippen molar-refractivity contribution in [3.05, 3.63) is 29.3 Å². The average molecular weight is 278 g/mol. The van der Waals surface area contributed by atoms with Crippen molar-refractivity contribution >= 4 is 17.7 Å². The molecule has 4 heteroatoms. The Balaban J connectivity index is 1.83. The van der Waals surface area contributed by atoms with Crippen molar-refractivity contribution in [1.29, 1.82) is 0 Å². The lowest BCUT2D eigenvalue weighted by molar-refractivity contribution is -0.120. The van der Waals surface area contributed by atoms with E-state index in [0.717, 1.165) is 12.2 Å². The number of benzene rings is 1. The number of hydrogen-bond donors (Lipinski definition) is 2. The summed E-state index contributed by atoms with van der Waals surface area (Å²) in [5.74, 6) is 0.686. The van der Waals surface area contributed by atoms with E-state index in [1.807, 2.05) is 0 Å². The highest BCUT2D eigenvalue weighted by atomic mass is 32.2. The lowest BCUT2D eigenvalue weighted by atomic mass is 10.2. The molecule has 0 spiro atoms. The number of hydrogen-bond acceptors (Lipinski definition) is 3. The molecular formula is C15H22N2OS. The standard InChI is InChI=1S/C15H22N2OS/c1-10-3-4-11(2)14(9-10)19-8-7-13(15(16)18)17-12-5-6-12/h3-4,9,12-13,17H,5-8H2,1-2H3,(H2,16,18). The highest BCUT2D eigenvalue weighted by Crippen LogP contribution is 2.25. The molecule has 1 aromatic carbocycles. The van der Waals surface area contributed by atoms with Crippen LogP contribution in [0.25, 0.3) is 0 Å². The van der Waals surface area contributed by atoms with Gasteiger partial charge in [-0.05, 0) is 44.7 Å². The molecule has 2 rings (SSSR count). The van der Waals surface area contributed by atoms with Gasteiger partial charge in [0.25, 0.3) is 0 Å². The van der Waals surface area contributed by atoms with Gasteiger partial charge in [0.05, 0.1) is 6.04 Å². The van der Waals surface area contributed by atoms with Gasteiger partial charge in [0.2, 0.25) is 5.91 Å². The third-order valence-electron chi connectivity index (χ3n) is 3.37. The molecule has 1 fully saturated rings. The first kappa shape index (κ1) is 14.4. The monoisotopic (exact) mass is 278 g/mol. The van der Waals surface area contributed by atoms with Gasteiger partial charge in [0, 0.05) is 16.7 Å². The zero-order valence-electron chi connectivity index (χ0n) is 11.6. The maximum Gasteiger partial charge on any atom is 0.234 e. The van der Waals surface area contributed by atoms with Crippen LogP contribution in [0.15, 0.2) is 23.1 Å². The van der Waals surface area contributed by atoms with E-state index in [0.29, 0.717) is 6.04 Å². The number of thioether (sulfide) groups is 1. The number of carbonyl (C=O) groups is 1. The molecule has 0 bridgehead atoms. The number of aryl methyl sites for hydroxylation is 2. The van der Waals surface area contributed by atoms with Crippen LogP contribution in [0.2, 0.25) is 0 Å². The van der Waals surface area contributed by atoms with Crippen LogP contribution in [0.3, 0.4) is 0 Å². The van der Waals surface area contributed by atoms with Crippen LogP contribution in [0.5, 0.6) is 0 Å². The molecular weight excluding hydrogens is 256 g/mol. The summed E-state index contributed by atoms with van der Waals surface area (Å²) in [6.45, 7) is 4.22. The van der Waals surface area contributed by atoms with Crippen molar-refractivity contribution < 1.29 is 4.79 Å². The van der Waals surface area contributed by atoms with E-state index in [4.69, 9.17) is 5.73 Å². The average Bonchev–Trinajstić information content (AvgIpc) is 3.16. The molecule has 1 aliphatic carbocycles. The minimum absolute atomic E-state index is 0.176. The number of rotatable bonds is 7. The Labute approximate surface area is 119 Å². The maximum absolute atomic E-state index is 11.4. The van der Waals surface area contributed by atoms with E-state index in [2.05, 4.69) is 37.4 Å². The van der Waals surface area contributed by atoms with Crippen LogP contribution < -0.4 is 11.1 Å². The Kier molecular flexibility index (Phi) is 4.88. The molecule has 0 aromatic heterocycles. The third-order valence-corrected chi connectivity index (χ3v) is 4.56. The zero-order valence-corrected chi connectivity index (χ0v) is 12.4. The van der Waals surface area contributed by atoms with Gasteiger partial charge in [-0.25, -0.2) is 0 Å². The first-order valence-corrected chi connectivity index (χ1v) is 7.80. The van der Waals surface area contributed by atoms with Crippen molar-refractivity contribution in [2.75, 3.05) is 5.75 Å². The summed E-state index contributed by atoms with van der Waals surface area (Å²) in [6.07, 6.45) is 3.14. The van der Waals surface area contributed by atoms with Crippen molar-refractivity contribution in [3.8, 4) is 0 Å². The fourth-order valence-corrected chi connectivity index (χ4v) is 3.13. The second-order valence-electron chi connectivity index (χ2n) is 5.30. The van der Waals surface area contributed by atoms with Crippen molar-refractivity contribution in [1.82, 2.24) is 5.32 Å². The molecule has 104 valence electrons. The Morgan fingerprint density at radius 1 is 1.47 bits per heavy atom. The molecule has 1 aliphatic rings. The Bertz CT molecular complexity index is 457. The first-order valence-electron chi connectivity index (χ1n) is 6.81.